The van der Waals surface area contributed by atoms with E-state index in [-0.39, 0.29) is 24.4 Å². The lowest BCUT2D eigenvalue weighted by molar-refractivity contribution is -0.144. The fraction of sp³-hybridized carbons (Fsp3) is 0.538. The zero-order valence-corrected chi connectivity index (χ0v) is 22.5. The molecule has 2 heterocycles. The van der Waals surface area contributed by atoms with Gasteiger partial charge in [0.2, 0.25) is 11.8 Å². The number of carbonyl (C=O) groups is 2. The molecule has 0 radical (unpaired) electrons. The van der Waals surface area contributed by atoms with Crippen LogP contribution in [0.2, 0.25) is 0 Å². The summed E-state index contributed by atoms with van der Waals surface area (Å²) in [5.41, 5.74) is 3.99. The van der Waals surface area contributed by atoms with Gasteiger partial charge in [0.1, 0.15) is 5.82 Å². The molecule has 0 spiro atoms. The van der Waals surface area contributed by atoms with Crippen LogP contribution in [0.25, 0.3) is 11.0 Å². The number of hydrogen-bond acceptors (Lipinski definition) is 4. The van der Waals surface area contributed by atoms with Crippen molar-refractivity contribution in [1.29, 1.82) is 0 Å². The van der Waals surface area contributed by atoms with Crippen molar-refractivity contribution in [2.24, 2.45) is 18.7 Å². The van der Waals surface area contributed by atoms with Crippen molar-refractivity contribution in [3.05, 3.63) is 46.5 Å². The molecular weight excluding hydrogens is 580 g/mol. The van der Waals surface area contributed by atoms with Gasteiger partial charge in [0.05, 0.1) is 40.7 Å². The van der Waals surface area contributed by atoms with Crippen molar-refractivity contribution >= 4 is 22.8 Å². The molecule has 2 aromatic heterocycles. The Bertz CT molecular complexity index is 1470. The maximum Gasteiger partial charge on any atom is 0.433 e. The van der Waals surface area contributed by atoms with E-state index >= 15 is 0 Å². The minimum Gasteiger partial charge on any atom is -0.365 e. The highest BCUT2D eigenvalue weighted by Crippen LogP contribution is 2.46. The molecule has 0 bridgehead atoms. The molecule has 230 valence electrons. The van der Waals surface area contributed by atoms with Crippen LogP contribution in [0.4, 0.5) is 35.1 Å². The number of H-pyrrole nitrogens is 1. The van der Waals surface area contributed by atoms with E-state index in [0.29, 0.717) is 21.3 Å². The molecule has 1 aliphatic rings. The molecule has 3 aromatic rings. The van der Waals surface area contributed by atoms with Gasteiger partial charge >= 0.3 is 12.4 Å². The second-order valence-corrected chi connectivity index (χ2v) is 10.6. The first-order valence-electron chi connectivity index (χ1n) is 13.0. The Hall–Kier alpha value is -3.72. The summed E-state index contributed by atoms with van der Waals surface area (Å²) in [6, 6.07) is 3.95. The highest BCUT2D eigenvalue weighted by molar-refractivity contribution is 5.95. The van der Waals surface area contributed by atoms with Gasteiger partial charge in [-0.25, -0.2) is 13.8 Å². The fourth-order valence-electron chi connectivity index (χ4n) is 5.42. The number of benzene rings is 1. The van der Waals surface area contributed by atoms with Gasteiger partial charge in [-0.2, -0.15) is 31.4 Å². The van der Waals surface area contributed by atoms with Gasteiger partial charge in [0.15, 0.2) is 5.69 Å². The zero-order chi connectivity index (χ0) is 31.2. The van der Waals surface area contributed by atoms with Crippen LogP contribution in [0.5, 0.6) is 0 Å². The monoisotopic (exact) mass is 608 g/mol. The average Bonchev–Trinajstić information content (AvgIpc) is 3.43. The molecule has 16 heteroatoms. The van der Waals surface area contributed by atoms with Gasteiger partial charge in [0.25, 0.3) is 5.91 Å². The molecule has 8 nitrogen and oxygen atoms in total. The molecule has 1 saturated carbocycles. The first-order valence-corrected chi connectivity index (χ1v) is 13.0. The Morgan fingerprint density at radius 1 is 1.17 bits per heavy atom. The number of amides is 2. The molecule has 1 aromatic carbocycles. The normalized spacial score (nSPS) is 17.8. The number of primary amides is 1. The van der Waals surface area contributed by atoms with E-state index in [1.165, 1.54) is 6.07 Å². The molecule has 4 N–H and O–H groups in total. The minimum absolute atomic E-state index is 0.0774. The Balaban J connectivity index is 1.73. The van der Waals surface area contributed by atoms with Crippen LogP contribution in [0.3, 0.4) is 0 Å². The molecule has 0 unspecified atom stereocenters. The van der Waals surface area contributed by atoms with E-state index < -0.39 is 84.9 Å². The maximum absolute atomic E-state index is 14.0. The summed E-state index contributed by atoms with van der Waals surface area (Å²) in [5.74, 6) is -6.85. The molecule has 42 heavy (non-hydrogen) atoms. The van der Waals surface area contributed by atoms with E-state index in [4.69, 9.17) is 5.73 Å². The highest BCUT2D eigenvalue weighted by atomic mass is 19.4. The third-order valence-corrected chi connectivity index (χ3v) is 7.45. The Labute approximate surface area is 234 Å². The molecule has 0 saturated heterocycles. The number of hydrogen-bond donors (Lipinski definition) is 3. The SMILES string of the molecule is C[C@@H](NC(=O)CCC(F)(F)F)c1ccc2nc([C@H](c3nn(C)c(C(F)(F)F)c3C(N)=O)C3CCC(F)(F)CC3)[nH]c2c1. The number of alkyl halides is 8. The number of imidazole rings is 1. The lowest BCUT2D eigenvalue weighted by Gasteiger charge is -2.32. The van der Waals surface area contributed by atoms with Crippen molar-refractivity contribution in [1.82, 2.24) is 25.1 Å². The first-order chi connectivity index (χ1) is 19.4. The van der Waals surface area contributed by atoms with E-state index in [9.17, 15) is 44.7 Å². The number of carbonyl (C=O) groups excluding carboxylic acids is 2. The van der Waals surface area contributed by atoms with Crippen molar-refractivity contribution in [2.45, 2.75) is 75.7 Å². The van der Waals surface area contributed by atoms with E-state index in [1.54, 1.807) is 19.1 Å². The van der Waals surface area contributed by atoms with Gasteiger partial charge in [-0.3, -0.25) is 14.3 Å². The smallest absolute Gasteiger partial charge is 0.365 e. The third-order valence-electron chi connectivity index (χ3n) is 7.45. The topological polar surface area (TPSA) is 119 Å². The van der Waals surface area contributed by atoms with Crippen molar-refractivity contribution in [3.63, 3.8) is 0 Å². The number of fused-ring (bicyclic) bond motifs is 1. The summed E-state index contributed by atoms with van der Waals surface area (Å²) < 4.78 is 108. The lowest BCUT2D eigenvalue weighted by atomic mass is 9.76. The standard InChI is InChI=1S/C26H28F8N6O2/c1-12(36-17(41)7-10-25(29,30)31)14-3-4-15-16(11-14)38-23(37-15)18(13-5-8-24(27,28)9-6-13)20-19(22(35)42)21(26(32,33)34)40(2)39-20/h3-4,11-13,18H,5-10H2,1-2H3,(H2,35,42)(H,36,41)(H,37,38)/t12-,18+/m1/s1. The molecule has 0 aliphatic heterocycles. The third kappa shape index (κ3) is 6.84. The molecule has 2 atom stereocenters. The highest BCUT2D eigenvalue weighted by Gasteiger charge is 2.46. The summed E-state index contributed by atoms with van der Waals surface area (Å²) in [6.07, 6.45) is -12.7. The number of aryl methyl sites for hydroxylation is 1. The van der Waals surface area contributed by atoms with Crippen LogP contribution in [-0.4, -0.2) is 43.7 Å². The van der Waals surface area contributed by atoms with E-state index in [2.05, 4.69) is 20.4 Å². The average molecular weight is 609 g/mol. The van der Waals surface area contributed by atoms with Crippen LogP contribution >= 0.6 is 0 Å². The Morgan fingerprint density at radius 2 is 1.81 bits per heavy atom. The van der Waals surface area contributed by atoms with Crippen molar-refractivity contribution in [2.75, 3.05) is 0 Å². The lowest BCUT2D eigenvalue weighted by Crippen LogP contribution is -2.30. The van der Waals surface area contributed by atoms with Crippen LogP contribution in [0.15, 0.2) is 18.2 Å². The first kappa shape index (κ1) is 31.2. The predicted molar refractivity (Wildman–Crippen MR) is 133 cm³/mol. The summed E-state index contributed by atoms with van der Waals surface area (Å²) in [5, 5.41) is 6.47. The second kappa shape index (κ2) is 11.2. The number of aromatic nitrogens is 4. The Morgan fingerprint density at radius 3 is 2.38 bits per heavy atom. The van der Waals surface area contributed by atoms with Crippen LogP contribution < -0.4 is 11.1 Å². The van der Waals surface area contributed by atoms with Crippen molar-refractivity contribution in [3.8, 4) is 0 Å². The number of rotatable bonds is 8. The predicted octanol–water partition coefficient (Wildman–Crippen LogP) is 5.89. The number of nitrogens with zero attached hydrogens (tertiary/aromatic N) is 3. The van der Waals surface area contributed by atoms with Gasteiger partial charge < -0.3 is 16.0 Å². The summed E-state index contributed by atoms with van der Waals surface area (Å²) in [7, 11) is 1.00. The number of halogens is 8. The summed E-state index contributed by atoms with van der Waals surface area (Å²) >= 11 is 0. The summed E-state index contributed by atoms with van der Waals surface area (Å²) in [6.45, 7) is 1.56. The molecule has 2 amide bonds. The molecule has 1 fully saturated rings. The number of nitrogens with one attached hydrogen (secondary N) is 2. The fourth-order valence-corrected chi connectivity index (χ4v) is 5.42. The van der Waals surface area contributed by atoms with E-state index in [1.807, 2.05) is 0 Å². The van der Waals surface area contributed by atoms with Crippen LogP contribution in [0.1, 0.15) is 90.5 Å². The molecule has 4 rings (SSSR count). The van der Waals surface area contributed by atoms with Gasteiger partial charge in [-0.1, -0.05) is 6.07 Å². The Kier molecular flexibility index (Phi) is 8.30. The van der Waals surface area contributed by atoms with Gasteiger partial charge in [0, 0.05) is 26.3 Å². The van der Waals surface area contributed by atoms with Gasteiger partial charge in [-0.15, -0.1) is 0 Å². The largest absolute Gasteiger partial charge is 0.433 e. The summed E-state index contributed by atoms with van der Waals surface area (Å²) in [4.78, 5) is 31.8. The quantitative estimate of drug-likeness (QED) is 0.276. The minimum atomic E-state index is -4.99. The van der Waals surface area contributed by atoms with Crippen LogP contribution in [-0.2, 0) is 18.0 Å². The van der Waals surface area contributed by atoms with Gasteiger partial charge in [-0.05, 0) is 43.4 Å². The second-order valence-electron chi connectivity index (χ2n) is 10.6. The number of aromatic amines is 1. The maximum atomic E-state index is 14.0. The van der Waals surface area contributed by atoms with Crippen LogP contribution in [0, 0.1) is 5.92 Å². The zero-order valence-electron chi connectivity index (χ0n) is 22.5. The number of nitrogens with two attached hydrogens (primary N) is 1. The molecule has 1 aliphatic carbocycles. The molecular formula is C26H28F8N6O2. The van der Waals surface area contributed by atoms with E-state index in [0.717, 1.165) is 7.05 Å². The van der Waals surface area contributed by atoms with Crippen molar-refractivity contribution < 1.29 is 44.7 Å².